The number of hydrogen-bond acceptors (Lipinski definition) is 5. The number of aryl methyl sites for hydroxylation is 1. The first-order valence-electron chi connectivity index (χ1n) is 6.55. The van der Waals surface area contributed by atoms with E-state index in [4.69, 9.17) is 9.47 Å². The summed E-state index contributed by atoms with van der Waals surface area (Å²) in [4.78, 5) is 11.8. The number of hydrogen-bond donors (Lipinski definition) is 1. The fourth-order valence-electron chi connectivity index (χ4n) is 2.57. The first-order chi connectivity index (χ1) is 10.2. The quantitative estimate of drug-likeness (QED) is 0.872. The molecule has 21 heavy (non-hydrogen) atoms. The maximum Gasteiger partial charge on any atom is 0.235 e. The van der Waals surface area contributed by atoms with Gasteiger partial charge in [0.2, 0.25) is 12.7 Å². The van der Waals surface area contributed by atoms with Crippen molar-refractivity contribution in [3.63, 3.8) is 0 Å². The highest BCUT2D eigenvalue weighted by atomic mass is 32.2. The molecular formula is C14H13N3O3S. The Labute approximate surface area is 125 Å². The zero-order valence-corrected chi connectivity index (χ0v) is 12.1. The van der Waals surface area contributed by atoms with Crippen LogP contribution in [0, 0.1) is 0 Å². The lowest BCUT2D eigenvalue weighted by molar-refractivity contribution is -0.113. The SMILES string of the molecule is Cn1ncc2c1NC(=O)CSC2c1ccc2c(c1)OCO2. The monoisotopic (exact) mass is 303 g/mol. The van der Waals surface area contributed by atoms with Crippen LogP contribution in [-0.2, 0) is 11.8 Å². The van der Waals surface area contributed by atoms with Crippen molar-refractivity contribution in [2.24, 2.45) is 7.05 Å². The molecule has 0 bridgehead atoms. The lowest BCUT2D eigenvalue weighted by Crippen LogP contribution is -2.15. The van der Waals surface area contributed by atoms with E-state index in [1.54, 1.807) is 16.4 Å². The molecular weight excluding hydrogens is 290 g/mol. The van der Waals surface area contributed by atoms with E-state index in [9.17, 15) is 4.79 Å². The number of amides is 1. The van der Waals surface area contributed by atoms with E-state index in [2.05, 4.69) is 10.4 Å². The molecule has 1 N–H and O–H groups in total. The second-order valence-electron chi connectivity index (χ2n) is 4.92. The molecule has 1 atom stereocenters. The summed E-state index contributed by atoms with van der Waals surface area (Å²) in [6.07, 6.45) is 1.81. The van der Waals surface area contributed by atoms with E-state index in [1.807, 2.05) is 31.4 Å². The van der Waals surface area contributed by atoms with Crippen LogP contribution in [0.1, 0.15) is 16.4 Å². The van der Waals surface area contributed by atoms with Crippen LogP contribution < -0.4 is 14.8 Å². The highest BCUT2D eigenvalue weighted by Gasteiger charge is 2.28. The molecule has 1 unspecified atom stereocenters. The van der Waals surface area contributed by atoms with Gasteiger partial charge in [-0.3, -0.25) is 9.48 Å². The largest absolute Gasteiger partial charge is 0.454 e. The molecule has 6 nitrogen and oxygen atoms in total. The van der Waals surface area contributed by atoms with Gasteiger partial charge in [-0.05, 0) is 17.7 Å². The van der Waals surface area contributed by atoms with Crippen molar-refractivity contribution in [1.82, 2.24) is 9.78 Å². The summed E-state index contributed by atoms with van der Waals surface area (Å²) in [7, 11) is 1.83. The van der Waals surface area contributed by atoms with Crippen molar-refractivity contribution in [1.29, 1.82) is 0 Å². The van der Waals surface area contributed by atoms with Crippen molar-refractivity contribution < 1.29 is 14.3 Å². The molecule has 1 amide bonds. The molecule has 4 rings (SSSR count). The van der Waals surface area contributed by atoms with Gasteiger partial charge in [-0.15, -0.1) is 11.8 Å². The molecule has 108 valence electrons. The van der Waals surface area contributed by atoms with Crippen LogP contribution in [0.5, 0.6) is 11.5 Å². The van der Waals surface area contributed by atoms with Gasteiger partial charge < -0.3 is 14.8 Å². The second-order valence-corrected chi connectivity index (χ2v) is 6.02. The molecule has 7 heteroatoms. The van der Waals surface area contributed by atoms with Gasteiger partial charge in [0, 0.05) is 12.6 Å². The Balaban J connectivity index is 1.79. The number of thioether (sulfide) groups is 1. The minimum atomic E-state index is -0.00640. The molecule has 1 aromatic carbocycles. The average Bonchev–Trinajstić information content (AvgIpc) is 3.03. The average molecular weight is 303 g/mol. The third kappa shape index (κ3) is 2.04. The highest BCUT2D eigenvalue weighted by Crippen LogP contribution is 2.44. The Morgan fingerprint density at radius 3 is 3.14 bits per heavy atom. The summed E-state index contributed by atoms with van der Waals surface area (Å²) in [5.74, 6) is 2.68. The van der Waals surface area contributed by atoms with E-state index in [0.29, 0.717) is 5.75 Å². The summed E-state index contributed by atoms with van der Waals surface area (Å²) in [6.45, 7) is 0.259. The number of benzene rings is 1. The maximum atomic E-state index is 11.8. The summed E-state index contributed by atoms with van der Waals surface area (Å²) < 4.78 is 12.5. The van der Waals surface area contributed by atoms with Crippen LogP contribution in [0.15, 0.2) is 24.4 Å². The molecule has 2 aliphatic heterocycles. The summed E-state index contributed by atoms with van der Waals surface area (Å²) in [5, 5.41) is 7.21. The van der Waals surface area contributed by atoms with Crippen LogP contribution in [-0.4, -0.2) is 28.2 Å². The van der Waals surface area contributed by atoms with Gasteiger partial charge in [0.25, 0.3) is 0 Å². The van der Waals surface area contributed by atoms with Crippen LogP contribution in [0.25, 0.3) is 0 Å². The van der Waals surface area contributed by atoms with Crippen molar-refractivity contribution >= 4 is 23.5 Å². The summed E-state index contributed by atoms with van der Waals surface area (Å²) in [6, 6.07) is 5.90. The second kappa shape index (κ2) is 4.70. The van der Waals surface area contributed by atoms with Gasteiger partial charge in [0.1, 0.15) is 5.82 Å². The molecule has 2 aromatic rings. The Hall–Kier alpha value is -2.15. The number of nitrogens with zero attached hydrogens (tertiary/aromatic N) is 2. The van der Waals surface area contributed by atoms with Crippen LogP contribution in [0.4, 0.5) is 5.82 Å². The number of anilines is 1. The fraction of sp³-hybridized carbons (Fsp3) is 0.286. The molecule has 3 heterocycles. The maximum absolute atomic E-state index is 11.8. The topological polar surface area (TPSA) is 65.4 Å². The zero-order valence-electron chi connectivity index (χ0n) is 11.3. The molecule has 0 fully saturated rings. The van der Waals surface area contributed by atoms with Gasteiger partial charge in [0.05, 0.1) is 17.2 Å². The zero-order chi connectivity index (χ0) is 14.4. The smallest absolute Gasteiger partial charge is 0.235 e. The number of nitrogens with one attached hydrogen (secondary N) is 1. The number of fused-ring (bicyclic) bond motifs is 2. The number of ether oxygens (including phenoxy) is 2. The van der Waals surface area contributed by atoms with Crippen molar-refractivity contribution in [3.05, 3.63) is 35.5 Å². The van der Waals surface area contributed by atoms with E-state index in [0.717, 1.165) is 28.4 Å². The van der Waals surface area contributed by atoms with Gasteiger partial charge in [-0.25, -0.2) is 0 Å². The van der Waals surface area contributed by atoms with Crippen LogP contribution in [0.3, 0.4) is 0 Å². The number of carbonyl (C=O) groups excluding carboxylic acids is 1. The Morgan fingerprint density at radius 1 is 1.38 bits per heavy atom. The normalized spacial score (nSPS) is 19.9. The van der Waals surface area contributed by atoms with Gasteiger partial charge in [0.15, 0.2) is 11.5 Å². The first-order valence-corrected chi connectivity index (χ1v) is 7.60. The van der Waals surface area contributed by atoms with Crippen LogP contribution >= 0.6 is 11.8 Å². The summed E-state index contributed by atoms with van der Waals surface area (Å²) in [5.41, 5.74) is 2.09. The predicted octanol–water partition coefficient (Wildman–Crippen LogP) is 1.92. The molecule has 2 aliphatic rings. The van der Waals surface area contributed by atoms with Crippen molar-refractivity contribution in [2.45, 2.75) is 5.25 Å². The fourth-order valence-corrected chi connectivity index (χ4v) is 3.65. The number of rotatable bonds is 1. The molecule has 0 radical (unpaired) electrons. The first kappa shape index (κ1) is 12.6. The minimum absolute atomic E-state index is 0.00640. The van der Waals surface area contributed by atoms with Crippen molar-refractivity contribution in [3.8, 4) is 11.5 Å². The van der Waals surface area contributed by atoms with Crippen molar-refractivity contribution in [2.75, 3.05) is 17.9 Å². The minimum Gasteiger partial charge on any atom is -0.454 e. The predicted molar refractivity (Wildman–Crippen MR) is 78.7 cm³/mol. The molecule has 0 saturated heterocycles. The Bertz CT molecular complexity index is 728. The lowest BCUT2D eigenvalue weighted by Gasteiger charge is -2.14. The summed E-state index contributed by atoms with van der Waals surface area (Å²) >= 11 is 1.58. The molecule has 0 saturated carbocycles. The standard InChI is InChI=1S/C14H13N3O3S/c1-17-14-9(5-15-17)13(21-6-12(18)16-14)8-2-3-10-11(4-8)20-7-19-10/h2-5,13H,6-7H2,1H3,(H,16,18). The van der Waals surface area contributed by atoms with Gasteiger partial charge >= 0.3 is 0 Å². The molecule has 1 aromatic heterocycles. The lowest BCUT2D eigenvalue weighted by atomic mass is 10.1. The third-order valence-electron chi connectivity index (χ3n) is 3.59. The van der Waals surface area contributed by atoms with E-state index >= 15 is 0 Å². The Kier molecular flexibility index (Phi) is 2.81. The van der Waals surface area contributed by atoms with E-state index < -0.39 is 0 Å². The van der Waals surface area contributed by atoms with Crippen LogP contribution in [0.2, 0.25) is 0 Å². The number of carbonyl (C=O) groups is 1. The molecule has 0 spiro atoms. The van der Waals surface area contributed by atoms with E-state index in [1.165, 1.54) is 0 Å². The van der Waals surface area contributed by atoms with Gasteiger partial charge in [-0.1, -0.05) is 6.07 Å². The van der Waals surface area contributed by atoms with E-state index in [-0.39, 0.29) is 18.0 Å². The highest BCUT2D eigenvalue weighted by molar-refractivity contribution is 8.00. The number of aromatic nitrogens is 2. The molecule has 0 aliphatic carbocycles. The third-order valence-corrected chi connectivity index (χ3v) is 4.88. The Morgan fingerprint density at radius 2 is 2.24 bits per heavy atom. The van der Waals surface area contributed by atoms with Gasteiger partial charge in [-0.2, -0.15) is 5.10 Å².